The van der Waals surface area contributed by atoms with Crippen LogP contribution in [0.5, 0.6) is 0 Å². The summed E-state index contributed by atoms with van der Waals surface area (Å²) in [6.45, 7) is 10.1. The Bertz CT molecular complexity index is 1380. The largest absolute Gasteiger partial charge is 0.469 e. The van der Waals surface area contributed by atoms with E-state index >= 15 is 0 Å². The first-order valence-corrected chi connectivity index (χ1v) is 15.9. The predicted octanol–water partition coefficient (Wildman–Crippen LogP) is 4.09. The second-order valence-corrected chi connectivity index (χ2v) is 15.2. The highest BCUT2D eigenvalue weighted by atomic mass is 16.7. The third kappa shape index (κ3) is 2.81. The zero-order chi connectivity index (χ0) is 29.6. The van der Waals surface area contributed by atoms with Crippen LogP contribution in [-0.2, 0) is 39.8 Å². The lowest BCUT2D eigenvalue weighted by molar-refractivity contribution is -0.266. The number of unbranched alkanes of at least 4 members (excludes halogenated alkanes) is 2. The van der Waals surface area contributed by atoms with Crippen LogP contribution in [0.1, 0.15) is 90.6 Å². The molecule has 2 bridgehead atoms. The van der Waals surface area contributed by atoms with E-state index in [0.717, 1.165) is 43.4 Å². The molecule has 0 amide bonds. The van der Waals surface area contributed by atoms with Crippen molar-refractivity contribution in [2.75, 3.05) is 6.61 Å². The number of furan rings is 1. The van der Waals surface area contributed by atoms with Gasteiger partial charge in [-0.3, -0.25) is 9.59 Å². The normalized spacial score (nSPS) is 51.0. The van der Waals surface area contributed by atoms with Crippen LogP contribution < -0.4 is 0 Å². The molecule has 3 aliphatic carbocycles. The average Bonchev–Trinajstić information content (AvgIpc) is 3.51. The van der Waals surface area contributed by atoms with Crippen LogP contribution in [0.4, 0.5) is 0 Å². The van der Waals surface area contributed by atoms with Gasteiger partial charge in [-0.2, -0.15) is 0 Å². The van der Waals surface area contributed by atoms with Gasteiger partial charge >= 0.3 is 11.9 Å². The number of rotatable bonds is 5. The molecule has 2 spiro atoms. The second-order valence-electron chi connectivity index (χ2n) is 15.2. The summed E-state index contributed by atoms with van der Waals surface area (Å²) in [5.74, 6) is -1.57. The Morgan fingerprint density at radius 1 is 1.00 bits per heavy atom. The van der Waals surface area contributed by atoms with Gasteiger partial charge in [0.15, 0.2) is 11.9 Å². The summed E-state index contributed by atoms with van der Waals surface area (Å²) in [4.78, 5) is 41.4. The van der Waals surface area contributed by atoms with Gasteiger partial charge in [0.05, 0.1) is 29.8 Å². The number of hydrogen-bond acceptors (Lipinski definition) is 9. The Morgan fingerprint density at radius 2 is 1.79 bits per heavy atom. The fraction of sp³-hybridized carbons (Fsp3) is 0.788. The third-order valence-electron chi connectivity index (χ3n) is 13.0. The van der Waals surface area contributed by atoms with Crippen molar-refractivity contribution in [3.63, 3.8) is 0 Å². The maximum atomic E-state index is 14.5. The monoisotopic (exact) mass is 582 g/mol. The topological polar surface area (TPSA) is 125 Å². The molecule has 1 N–H and O–H groups in total. The maximum Gasteiger partial charge on any atom is 0.339 e. The van der Waals surface area contributed by atoms with Crippen molar-refractivity contribution in [3.8, 4) is 0 Å². The summed E-state index contributed by atoms with van der Waals surface area (Å²) in [5, 5.41) is 12.3. The fourth-order valence-corrected chi connectivity index (χ4v) is 11.9. The highest BCUT2D eigenvalue weighted by Gasteiger charge is 2.92. The van der Waals surface area contributed by atoms with Gasteiger partial charge < -0.3 is 28.5 Å². The van der Waals surface area contributed by atoms with Crippen molar-refractivity contribution in [1.82, 2.24) is 0 Å². The molecule has 12 atom stereocenters. The van der Waals surface area contributed by atoms with E-state index in [1.54, 1.807) is 6.26 Å². The summed E-state index contributed by atoms with van der Waals surface area (Å²) in [6, 6.07) is 1.91. The van der Waals surface area contributed by atoms with Gasteiger partial charge in [0.25, 0.3) is 0 Å². The highest BCUT2D eigenvalue weighted by Crippen LogP contribution is 2.82. The van der Waals surface area contributed by atoms with E-state index < -0.39 is 69.7 Å². The Kier molecular flexibility index (Phi) is 5.38. The molecule has 4 aliphatic heterocycles. The van der Waals surface area contributed by atoms with E-state index in [1.165, 1.54) is 0 Å². The standard InChI is InChI=1S/C33H42O9/c1-6-7-8-9-19-17(12-13-38-19)24-30(4)14-16-10-11-18-25-32(15-39-27(18)36)21(16)31(5,33(30)26(42-33)28(37)40-24)23(35)20(34)22(32)29(2,3)41-25/h12-13,16,18,21-26,35H,6-11,14-15H2,1-5H3/t16-,18-,21-,22+,23+,24-,25-,26+,30-,31-,32+,33+/m0/s1. The Balaban J connectivity index is 1.32. The first-order chi connectivity index (χ1) is 19.9. The van der Waals surface area contributed by atoms with Gasteiger partial charge in [-0.15, -0.1) is 0 Å². The molecule has 9 nitrogen and oxygen atoms in total. The van der Waals surface area contributed by atoms with Crippen molar-refractivity contribution in [3.05, 3.63) is 23.7 Å². The van der Waals surface area contributed by atoms with Gasteiger partial charge in [0.2, 0.25) is 0 Å². The SMILES string of the molecule is CCCCCc1occc1[C@@H]1OC(=O)[C@H]2O[C@]23[C@]2(C)[C@H](O)C(=O)[C@@H]4C(C)(C)O[C@H]5[C@@H]6CC[C@@H](C[C@@]13C)[C@@H]2[C@]45COC6=O. The molecule has 1 aromatic heterocycles. The lowest BCUT2D eigenvalue weighted by Gasteiger charge is -2.68. The minimum atomic E-state index is -1.37. The molecular formula is C33H42O9. The molecule has 9 heteroatoms. The van der Waals surface area contributed by atoms with Crippen LogP contribution in [0.2, 0.25) is 0 Å². The number of carbonyl (C=O) groups is 3. The molecule has 0 unspecified atom stereocenters. The number of aryl methyl sites for hydroxylation is 1. The number of ether oxygens (including phenoxy) is 4. The summed E-state index contributed by atoms with van der Waals surface area (Å²) in [7, 11) is 0. The molecule has 3 saturated carbocycles. The van der Waals surface area contributed by atoms with Crippen molar-refractivity contribution in [2.45, 2.75) is 115 Å². The minimum absolute atomic E-state index is 0.0231. The van der Waals surface area contributed by atoms with E-state index in [1.807, 2.05) is 26.8 Å². The molecular weight excluding hydrogens is 540 g/mol. The molecule has 7 fully saturated rings. The second kappa shape index (κ2) is 8.27. The number of aliphatic hydroxyl groups is 1. The Labute approximate surface area is 246 Å². The molecule has 5 heterocycles. The summed E-state index contributed by atoms with van der Waals surface area (Å²) in [5.41, 5.74) is -3.85. The van der Waals surface area contributed by atoms with Crippen molar-refractivity contribution < 1.29 is 42.9 Å². The molecule has 4 saturated heterocycles. The molecule has 7 aliphatic rings. The molecule has 228 valence electrons. The number of Topliss-reactive ketones (excluding diaryl/α,β-unsaturated/α-hetero) is 1. The molecule has 8 rings (SSSR count). The average molecular weight is 583 g/mol. The van der Waals surface area contributed by atoms with Crippen molar-refractivity contribution >= 4 is 17.7 Å². The zero-order valence-corrected chi connectivity index (χ0v) is 25.1. The highest BCUT2D eigenvalue weighted by molar-refractivity contribution is 5.92. The predicted molar refractivity (Wildman–Crippen MR) is 146 cm³/mol. The lowest BCUT2D eigenvalue weighted by Crippen LogP contribution is -2.77. The minimum Gasteiger partial charge on any atom is -0.469 e. The van der Waals surface area contributed by atoms with Crippen LogP contribution in [0.25, 0.3) is 0 Å². The molecule has 0 aromatic carbocycles. The Morgan fingerprint density at radius 3 is 2.55 bits per heavy atom. The number of aliphatic hydroxyl groups excluding tert-OH is 1. The van der Waals surface area contributed by atoms with Gasteiger partial charge in [0, 0.05) is 28.2 Å². The smallest absolute Gasteiger partial charge is 0.339 e. The van der Waals surface area contributed by atoms with Crippen LogP contribution in [0.15, 0.2) is 16.7 Å². The Hall–Kier alpha value is -2.23. The van der Waals surface area contributed by atoms with E-state index in [4.69, 9.17) is 23.4 Å². The van der Waals surface area contributed by atoms with Gasteiger partial charge in [-0.05, 0) is 57.4 Å². The van der Waals surface area contributed by atoms with Gasteiger partial charge in [-0.25, -0.2) is 4.79 Å². The van der Waals surface area contributed by atoms with Crippen molar-refractivity contribution in [1.29, 1.82) is 0 Å². The van der Waals surface area contributed by atoms with Crippen LogP contribution in [-0.4, -0.2) is 58.9 Å². The van der Waals surface area contributed by atoms with E-state index in [9.17, 15) is 19.5 Å². The fourth-order valence-electron chi connectivity index (χ4n) is 11.9. The molecule has 0 radical (unpaired) electrons. The lowest BCUT2D eigenvalue weighted by atomic mass is 9.34. The quantitative estimate of drug-likeness (QED) is 0.311. The zero-order valence-electron chi connectivity index (χ0n) is 25.1. The first kappa shape index (κ1) is 27.3. The van der Waals surface area contributed by atoms with E-state index in [-0.39, 0.29) is 30.2 Å². The number of cyclic esters (lactones) is 2. The summed E-state index contributed by atoms with van der Waals surface area (Å²) < 4.78 is 31.4. The number of epoxide rings is 1. The number of carbonyl (C=O) groups excluding carboxylic acids is 3. The van der Waals surface area contributed by atoms with E-state index in [0.29, 0.717) is 12.8 Å². The number of esters is 2. The number of ketones is 1. The molecule has 42 heavy (non-hydrogen) atoms. The van der Waals surface area contributed by atoms with Crippen molar-refractivity contribution in [2.24, 2.45) is 39.9 Å². The third-order valence-corrected chi connectivity index (χ3v) is 13.0. The van der Waals surface area contributed by atoms with Gasteiger partial charge in [0.1, 0.15) is 30.2 Å². The van der Waals surface area contributed by atoms with Gasteiger partial charge in [-0.1, -0.05) is 33.6 Å². The number of hydrogen-bond donors (Lipinski definition) is 1. The summed E-state index contributed by atoms with van der Waals surface area (Å²) >= 11 is 0. The van der Waals surface area contributed by atoms with E-state index in [2.05, 4.69) is 13.8 Å². The van der Waals surface area contributed by atoms with Crippen LogP contribution >= 0.6 is 0 Å². The summed E-state index contributed by atoms with van der Waals surface area (Å²) in [6.07, 6.45) is 4.08. The van der Waals surface area contributed by atoms with Crippen LogP contribution in [0, 0.1) is 39.9 Å². The van der Waals surface area contributed by atoms with Crippen LogP contribution in [0.3, 0.4) is 0 Å². The first-order valence-electron chi connectivity index (χ1n) is 15.9. The molecule has 1 aromatic rings. The maximum absolute atomic E-state index is 14.5.